The van der Waals surface area contributed by atoms with Crippen molar-refractivity contribution >= 4 is 11.7 Å². The number of nitrogens with one attached hydrogen (secondary N) is 2. The minimum absolute atomic E-state index is 0.0805. The molecule has 2 fully saturated rings. The highest BCUT2D eigenvalue weighted by Crippen LogP contribution is 2.40. The van der Waals surface area contributed by atoms with E-state index >= 15 is 0 Å². The molecule has 27 heavy (non-hydrogen) atoms. The number of urea groups is 1. The Morgan fingerprint density at radius 1 is 1.19 bits per heavy atom. The Morgan fingerprint density at radius 3 is 2.59 bits per heavy atom. The normalized spacial score (nSPS) is 25.3. The lowest BCUT2D eigenvalue weighted by atomic mass is 9.98. The third-order valence-electron chi connectivity index (χ3n) is 5.08. The van der Waals surface area contributed by atoms with Gasteiger partial charge in [0.1, 0.15) is 5.75 Å². The van der Waals surface area contributed by atoms with Crippen LogP contribution in [0.4, 0.5) is 23.7 Å². The van der Waals surface area contributed by atoms with Crippen molar-refractivity contribution in [2.75, 3.05) is 18.0 Å². The number of ether oxygens (including phenoxy) is 1. The van der Waals surface area contributed by atoms with Crippen LogP contribution in [0, 0.1) is 11.8 Å². The van der Waals surface area contributed by atoms with Gasteiger partial charge in [-0.2, -0.15) is 0 Å². The fourth-order valence-corrected chi connectivity index (χ4v) is 4.08. The molecule has 2 N–H and O–H groups in total. The maximum absolute atomic E-state index is 12.4. The minimum Gasteiger partial charge on any atom is -0.406 e. The molecule has 1 saturated carbocycles. The molecule has 2 aliphatic rings. The highest BCUT2D eigenvalue weighted by Gasteiger charge is 2.43. The molecule has 8 heteroatoms. The monoisotopic (exact) mass is 385 g/mol. The van der Waals surface area contributed by atoms with Crippen LogP contribution in [0.1, 0.15) is 33.6 Å². The summed E-state index contributed by atoms with van der Waals surface area (Å²) in [6.45, 7) is 7.27. The molecular weight excluding hydrogens is 359 g/mol. The molecule has 0 radical (unpaired) electrons. The Bertz CT molecular complexity index is 688. The molecule has 1 aliphatic carbocycles. The van der Waals surface area contributed by atoms with Gasteiger partial charge in [0.05, 0.1) is 0 Å². The van der Waals surface area contributed by atoms with Gasteiger partial charge >= 0.3 is 12.4 Å². The maximum Gasteiger partial charge on any atom is 0.573 e. The van der Waals surface area contributed by atoms with Gasteiger partial charge in [-0.25, -0.2) is 4.79 Å². The average Bonchev–Trinajstić information content (AvgIpc) is 3.06. The van der Waals surface area contributed by atoms with Gasteiger partial charge in [-0.15, -0.1) is 13.2 Å². The first-order chi connectivity index (χ1) is 12.5. The second kappa shape index (κ2) is 7.13. The second-order valence-electron chi connectivity index (χ2n) is 8.41. The summed E-state index contributed by atoms with van der Waals surface area (Å²) in [6, 6.07) is 5.98. The van der Waals surface area contributed by atoms with Gasteiger partial charge in [-0.1, -0.05) is 6.07 Å². The molecule has 0 spiro atoms. The summed E-state index contributed by atoms with van der Waals surface area (Å²) in [5, 5.41) is 5.98. The van der Waals surface area contributed by atoms with Crippen LogP contribution in [0.25, 0.3) is 0 Å². The number of anilines is 1. The number of rotatable bonds is 3. The van der Waals surface area contributed by atoms with E-state index in [1.54, 1.807) is 12.1 Å². The van der Waals surface area contributed by atoms with Crippen molar-refractivity contribution in [2.24, 2.45) is 11.8 Å². The van der Waals surface area contributed by atoms with E-state index < -0.39 is 6.36 Å². The zero-order valence-corrected chi connectivity index (χ0v) is 15.8. The number of alkyl halides is 3. The molecule has 0 bridgehead atoms. The van der Waals surface area contributed by atoms with Gasteiger partial charge in [-0.05, 0) is 51.7 Å². The molecule has 150 valence electrons. The number of amides is 2. The molecule has 2 amide bonds. The number of hydrogen-bond donors (Lipinski definition) is 2. The molecular formula is C19H26F3N3O2. The highest BCUT2D eigenvalue weighted by molar-refractivity contribution is 5.75. The molecule has 0 unspecified atom stereocenters. The van der Waals surface area contributed by atoms with Crippen LogP contribution in [0.15, 0.2) is 24.3 Å². The van der Waals surface area contributed by atoms with E-state index in [0.717, 1.165) is 19.4 Å². The lowest BCUT2D eigenvalue weighted by Gasteiger charge is -2.26. The molecule has 5 nitrogen and oxygen atoms in total. The van der Waals surface area contributed by atoms with E-state index in [2.05, 4.69) is 20.3 Å². The zero-order chi connectivity index (χ0) is 19.8. The number of nitrogens with zero attached hydrogens (tertiary/aromatic N) is 1. The van der Waals surface area contributed by atoms with Crippen LogP contribution < -0.4 is 20.3 Å². The largest absolute Gasteiger partial charge is 0.573 e. The molecule has 1 heterocycles. The molecule has 3 atom stereocenters. The summed E-state index contributed by atoms with van der Waals surface area (Å²) >= 11 is 0. The van der Waals surface area contributed by atoms with Crippen molar-refractivity contribution in [2.45, 2.75) is 51.6 Å². The topological polar surface area (TPSA) is 53.6 Å². The number of benzene rings is 1. The molecule has 1 aromatic rings. The molecule has 1 aliphatic heterocycles. The number of halogens is 3. The maximum atomic E-state index is 12.4. The van der Waals surface area contributed by atoms with Gasteiger partial charge in [-0.3, -0.25) is 0 Å². The summed E-state index contributed by atoms with van der Waals surface area (Å²) in [6.07, 6.45) is -2.77. The predicted molar refractivity (Wildman–Crippen MR) is 96.8 cm³/mol. The van der Waals surface area contributed by atoms with E-state index in [-0.39, 0.29) is 23.4 Å². The van der Waals surface area contributed by atoms with Crippen molar-refractivity contribution in [3.63, 3.8) is 0 Å². The number of carbonyl (C=O) groups excluding carboxylic acids is 1. The number of fused-ring (bicyclic) bond motifs is 1. The Morgan fingerprint density at radius 2 is 1.93 bits per heavy atom. The number of carbonyl (C=O) groups is 1. The molecule has 0 aromatic heterocycles. The van der Waals surface area contributed by atoms with Gasteiger partial charge < -0.3 is 20.3 Å². The smallest absolute Gasteiger partial charge is 0.406 e. The van der Waals surface area contributed by atoms with Crippen LogP contribution in [0.2, 0.25) is 0 Å². The first-order valence-corrected chi connectivity index (χ1v) is 9.20. The van der Waals surface area contributed by atoms with Crippen molar-refractivity contribution in [3.8, 4) is 5.75 Å². The minimum atomic E-state index is -4.70. The third kappa shape index (κ3) is 5.20. The van der Waals surface area contributed by atoms with E-state index in [0.29, 0.717) is 24.1 Å². The molecule has 1 saturated heterocycles. The third-order valence-corrected chi connectivity index (χ3v) is 5.08. The Kier molecular flexibility index (Phi) is 5.18. The van der Waals surface area contributed by atoms with Crippen molar-refractivity contribution in [3.05, 3.63) is 24.3 Å². The van der Waals surface area contributed by atoms with Crippen molar-refractivity contribution < 1.29 is 22.7 Å². The summed E-state index contributed by atoms with van der Waals surface area (Å²) in [4.78, 5) is 14.3. The van der Waals surface area contributed by atoms with Gasteiger partial charge in [0.15, 0.2) is 0 Å². The van der Waals surface area contributed by atoms with Crippen molar-refractivity contribution in [1.29, 1.82) is 0 Å². The van der Waals surface area contributed by atoms with Crippen LogP contribution >= 0.6 is 0 Å². The fraction of sp³-hybridized carbons (Fsp3) is 0.632. The lowest BCUT2D eigenvalue weighted by Crippen LogP contribution is -2.50. The van der Waals surface area contributed by atoms with Gasteiger partial charge in [0.25, 0.3) is 0 Å². The molecule has 1 aromatic carbocycles. The lowest BCUT2D eigenvalue weighted by molar-refractivity contribution is -0.274. The average molecular weight is 385 g/mol. The van der Waals surface area contributed by atoms with E-state index in [4.69, 9.17) is 0 Å². The first-order valence-electron chi connectivity index (χ1n) is 9.20. The number of hydrogen-bond acceptors (Lipinski definition) is 3. The Balaban J connectivity index is 1.63. The Labute approximate surface area is 157 Å². The van der Waals surface area contributed by atoms with E-state index in [9.17, 15) is 18.0 Å². The quantitative estimate of drug-likeness (QED) is 0.830. The van der Waals surface area contributed by atoms with Gasteiger partial charge in [0.2, 0.25) is 0 Å². The Hall–Kier alpha value is -2.12. The highest BCUT2D eigenvalue weighted by atomic mass is 19.4. The summed E-state index contributed by atoms with van der Waals surface area (Å²) in [5.41, 5.74) is 0.409. The van der Waals surface area contributed by atoms with Crippen LogP contribution in [-0.4, -0.2) is 37.1 Å². The fourth-order valence-electron chi connectivity index (χ4n) is 4.08. The van der Waals surface area contributed by atoms with E-state index in [1.807, 2.05) is 20.8 Å². The van der Waals surface area contributed by atoms with E-state index in [1.165, 1.54) is 12.1 Å². The summed E-state index contributed by atoms with van der Waals surface area (Å²) in [5.74, 6) is 0.510. The zero-order valence-electron chi connectivity index (χ0n) is 15.8. The molecule has 3 rings (SSSR count). The summed E-state index contributed by atoms with van der Waals surface area (Å²) < 4.78 is 41.4. The van der Waals surface area contributed by atoms with Crippen LogP contribution in [0.5, 0.6) is 5.75 Å². The van der Waals surface area contributed by atoms with Gasteiger partial charge in [0, 0.05) is 42.3 Å². The SMILES string of the molecule is CC(C)(C)NC(=O)N[C@H]1CC[C@@H]2CN(c3cccc(OC(F)(F)F)c3)C[C@@H]21. The first kappa shape index (κ1) is 19.6. The van der Waals surface area contributed by atoms with Crippen LogP contribution in [-0.2, 0) is 0 Å². The second-order valence-corrected chi connectivity index (χ2v) is 8.41. The van der Waals surface area contributed by atoms with Crippen molar-refractivity contribution in [1.82, 2.24) is 10.6 Å². The standard InChI is InChI=1S/C19H26F3N3O2/c1-18(2,3)24-17(26)23-16-8-7-12-10-25(11-15(12)16)13-5-4-6-14(9-13)27-19(20,21)22/h4-6,9,12,15-16H,7-8,10-11H2,1-3H3,(H2,23,24,26)/t12-,15+,16+/m1/s1. The summed E-state index contributed by atoms with van der Waals surface area (Å²) in [7, 11) is 0. The predicted octanol–water partition coefficient (Wildman–Crippen LogP) is 3.90. The van der Waals surface area contributed by atoms with Crippen LogP contribution in [0.3, 0.4) is 0 Å².